The van der Waals surface area contributed by atoms with Crippen molar-refractivity contribution in [3.63, 3.8) is 0 Å². The van der Waals surface area contributed by atoms with Crippen LogP contribution in [0.25, 0.3) is 0 Å². The van der Waals surface area contributed by atoms with Gasteiger partial charge >= 0.3 is 0 Å². The Bertz CT molecular complexity index is 506. The molecule has 2 rings (SSSR count). The van der Waals surface area contributed by atoms with Gasteiger partial charge in [0.15, 0.2) is 11.6 Å². The Morgan fingerprint density at radius 3 is 2.81 bits per heavy atom. The lowest BCUT2D eigenvalue weighted by Crippen LogP contribution is -2.02. The van der Waals surface area contributed by atoms with Gasteiger partial charge in [-0.2, -0.15) is 0 Å². The lowest BCUT2D eigenvalue weighted by atomic mass is 10.1. The van der Waals surface area contributed by atoms with Crippen LogP contribution in [0.3, 0.4) is 0 Å². The van der Waals surface area contributed by atoms with Gasteiger partial charge in [-0.1, -0.05) is 0 Å². The highest BCUT2D eigenvalue weighted by Crippen LogP contribution is 2.19. The summed E-state index contributed by atoms with van der Waals surface area (Å²) in [5.74, 6) is -0.605. The number of aromatic nitrogens is 1. The number of hydrogen-bond donors (Lipinski definition) is 1. The van der Waals surface area contributed by atoms with Gasteiger partial charge in [0.05, 0.1) is 12.8 Å². The van der Waals surface area contributed by atoms with E-state index < -0.39 is 5.82 Å². The minimum absolute atomic E-state index is 0.0670. The maximum absolute atomic E-state index is 13.1. The molecule has 3 nitrogen and oxygen atoms in total. The summed E-state index contributed by atoms with van der Waals surface area (Å²) < 4.78 is 17.9. The molecule has 4 heteroatoms. The number of aromatic amines is 1. The Labute approximate surface area is 91.9 Å². The predicted molar refractivity (Wildman–Crippen MR) is 57.2 cm³/mol. The molecule has 0 aliphatic heterocycles. The fourth-order valence-corrected chi connectivity index (χ4v) is 1.43. The third-order valence-corrected chi connectivity index (χ3v) is 2.26. The van der Waals surface area contributed by atoms with Crippen molar-refractivity contribution in [2.45, 2.75) is 0 Å². The molecule has 0 aliphatic rings. The molecule has 0 bridgehead atoms. The van der Waals surface area contributed by atoms with Gasteiger partial charge in [0.25, 0.3) is 0 Å². The summed E-state index contributed by atoms with van der Waals surface area (Å²) in [7, 11) is 1.36. The van der Waals surface area contributed by atoms with Gasteiger partial charge in [0, 0.05) is 11.8 Å². The summed E-state index contributed by atoms with van der Waals surface area (Å²) in [6, 6.07) is 7.43. The number of benzene rings is 1. The number of ketones is 1. The molecule has 16 heavy (non-hydrogen) atoms. The van der Waals surface area contributed by atoms with Crippen molar-refractivity contribution in [3.8, 4) is 5.75 Å². The molecule has 0 fully saturated rings. The summed E-state index contributed by atoms with van der Waals surface area (Å²) >= 11 is 0. The quantitative estimate of drug-likeness (QED) is 0.805. The van der Waals surface area contributed by atoms with Gasteiger partial charge < -0.3 is 9.72 Å². The van der Waals surface area contributed by atoms with Crippen LogP contribution in [0.1, 0.15) is 16.1 Å². The summed E-state index contributed by atoms with van der Waals surface area (Å²) in [6.07, 6.45) is 1.66. The molecule has 1 aromatic carbocycles. The van der Waals surface area contributed by atoms with Crippen LogP contribution in [0.4, 0.5) is 4.39 Å². The van der Waals surface area contributed by atoms with E-state index in [1.165, 1.54) is 25.3 Å². The van der Waals surface area contributed by atoms with E-state index in [0.29, 0.717) is 11.3 Å². The molecule has 0 radical (unpaired) electrons. The largest absolute Gasteiger partial charge is 0.494 e. The Morgan fingerprint density at radius 1 is 1.38 bits per heavy atom. The zero-order chi connectivity index (χ0) is 11.5. The normalized spacial score (nSPS) is 10.1. The molecule has 1 heterocycles. The monoisotopic (exact) mass is 219 g/mol. The second-order valence-electron chi connectivity index (χ2n) is 3.26. The average molecular weight is 219 g/mol. The lowest BCUT2D eigenvalue weighted by Gasteiger charge is -2.04. The van der Waals surface area contributed by atoms with Crippen LogP contribution in [0.2, 0.25) is 0 Å². The van der Waals surface area contributed by atoms with E-state index in [-0.39, 0.29) is 11.5 Å². The maximum Gasteiger partial charge on any atom is 0.209 e. The molecular formula is C12H10FNO2. The zero-order valence-corrected chi connectivity index (χ0v) is 8.66. The van der Waals surface area contributed by atoms with Crippen LogP contribution in [-0.2, 0) is 0 Å². The van der Waals surface area contributed by atoms with Crippen molar-refractivity contribution < 1.29 is 13.9 Å². The van der Waals surface area contributed by atoms with Crippen LogP contribution in [0.5, 0.6) is 5.75 Å². The van der Waals surface area contributed by atoms with Crippen LogP contribution < -0.4 is 4.74 Å². The Kier molecular flexibility index (Phi) is 2.72. The van der Waals surface area contributed by atoms with Gasteiger partial charge in [-0.15, -0.1) is 0 Å². The van der Waals surface area contributed by atoms with Crippen LogP contribution >= 0.6 is 0 Å². The van der Waals surface area contributed by atoms with Gasteiger partial charge in [0.1, 0.15) is 0 Å². The molecule has 2 aromatic rings. The first kappa shape index (κ1) is 10.4. The van der Waals surface area contributed by atoms with Crippen LogP contribution in [-0.4, -0.2) is 17.9 Å². The number of hydrogen-bond acceptors (Lipinski definition) is 2. The minimum atomic E-state index is -0.481. The first-order valence-corrected chi connectivity index (χ1v) is 4.74. The van der Waals surface area contributed by atoms with Crippen molar-refractivity contribution in [2.24, 2.45) is 0 Å². The minimum Gasteiger partial charge on any atom is -0.494 e. The third-order valence-electron chi connectivity index (χ3n) is 2.26. The molecule has 1 aromatic heterocycles. The molecule has 0 saturated carbocycles. The third kappa shape index (κ3) is 1.82. The highest BCUT2D eigenvalue weighted by Gasteiger charge is 2.12. The summed E-state index contributed by atoms with van der Waals surface area (Å²) in [5.41, 5.74) is 0.856. The average Bonchev–Trinajstić information content (AvgIpc) is 2.82. The summed E-state index contributed by atoms with van der Waals surface area (Å²) in [5, 5.41) is 0. The number of H-pyrrole nitrogens is 1. The van der Waals surface area contributed by atoms with E-state index in [0.717, 1.165) is 0 Å². The molecular weight excluding hydrogens is 209 g/mol. The fraction of sp³-hybridized carbons (Fsp3) is 0.0833. The van der Waals surface area contributed by atoms with Crippen molar-refractivity contribution in [1.82, 2.24) is 4.98 Å². The SMILES string of the molecule is COc1cc(C(=O)c2ccc[nH]2)ccc1F. The smallest absolute Gasteiger partial charge is 0.209 e. The Hall–Kier alpha value is -2.10. The molecule has 0 unspecified atom stereocenters. The second kappa shape index (κ2) is 4.18. The fourth-order valence-electron chi connectivity index (χ4n) is 1.43. The molecule has 0 spiro atoms. The van der Waals surface area contributed by atoms with Crippen molar-refractivity contribution >= 4 is 5.78 Å². The summed E-state index contributed by atoms with van der Waals surface area (Å²) in [6.45, 7) is 0. The first-order chi connectivity index (χ1) is 7.72. The van der Waals surface area contributed by atoms with Crippen LogP contribution in [0.15, 0.2) is 36.5 Å². The van der Waals surface area contributed by atoms with Gasteiger partial charge in [0.2, 0.25) is 5.78 Å². The molecule has 0 aliphatic carbocycles. The number of methoxy groups -OCH3 is 1. The topological polar surface area (TPSA) is 42.1 Å². The van der Waals surface area contributed by atoms with E-state index in [9.17, 15) is 9.18 Å². The molecule has 0 amide bonds. The van der Waals surface area contributed by atoms with Gasteiger partial charge in [-0.3, -0.25) is 4.79 Å². The van der Waals surface area contributed by atoms with Crippen molar-refractivity contribution in [3.05, 3.63) is 53.6 Å². The van der Waals surface area contributed by atoms with Crippen molar-refractivity contribution in [2.75, 3.05) is 7.11 Å². The van der Waals surface area contributed by atoms with E-state index in [4.69, 9.17) is 4.74 Å². The predicted octanol–water partition coefficient (Wildman–Crippen LogP) is 2.39. The van der Waals surface area contributed by atoms with E-state index >= 15 is 0 Å². The lowest BCUT2D eigenvalue weighted by molar-refractivity contribution is 0.103. The second-order valence-corrected chi connectivity index (χ2v) is 3.26. The Balaban J connectivity index is 2.38. The Morgan fingerprint density at radius 2 is 2.19 bits per heavy atom. The number of carbonyl (C=O) groups excluding carboxylic acids is 1. The molecule has 0 saturated heterocycles. The highest BCUT2D eigenvalue weighted by molar-refractivity contribution is 6.07. The van der Waals surface area contributed by atoms with E-state index in [1.54, 1.807) is 18.3 Å². The van der Waals surface area contributed by atoms with E-state index in [1.807, 2.05) is 0 Å². The number of nitrogens with one attached hydrogen (secondary N) is 1. The van der Waals surface area contributed by atoms with Crippen LogP contribution in [0, 0.1) is 5.82 Å². The number of carbonyl (C=O) groups is 1. The van der Waals surface area contributed by atoms with E-state index in [2.05, 4.69) is 4.98 Å². The molecule has 1 N–H and O–H groups in total. The highest BCUT2D eigenvalue weighted by atomic mass is 19.1. The summed E-state index contributed by atoms with van der Waals surface area (Å²) in [4.78, 5) is 14.7. The number of ether oxygens (including phenoxy) is 1. The van der Waals surface area contributed by atoms with Crippen molar-refractivity contribution in [1.29, 1.82) is 0 Å². The first-order valence-electron chi connectivity index (χ1n) is 4.74. The number of halogens is 1. The zero-order valence-electron chi connectivity index (χ0n) is 8.66. The maximum atomic E-state index is 13.1. The standard InChI is InChI=1S/C12H10FNO2/c1-16-11-7-8(4-5-9(11)13)12(15)10-3-2-6-14-10/h2-7,14H,1H3. The molecule has 0 atom stereocenters. The van der Waals surface area contributed by atoms with Gasteiger partial charge in [-0.25, -0.2) is 4.39 Å². The van der Waals surface area contributed by atoms with Gasteiger partial charge in [-0.05, 0) is 30.3 Å². The number of rotatable bonds is 3. The molecule has 82 valence electrons.